The smallest absolute Gasteiger partial charge is 0.0406 e. The highest BCUT2D eigenvalue weighted by molar-refractivity contribution is 6.30. The van der Waals surface area contributed by atoms with Gasteiger partial charge >= 0.3 is 0 Å². The first-order chi connectivity index (χ1) is 6.72. The summed E-state index contributed by atoms with van der Waals surface area (Å²) in [4.78, 5) is 0. The summed E-state index contributed by atoms with van der Waals surface area (Å²) in [6.45, 7) is 4.57. The molecule has 1 atom stereocenters. The van der Waals surface area contributed by atoms with Gasteiger partial charge in [0, 0.05) is 5.02 Å². The van der Waals surface area contributed by atoms with Gasteiger partial charge < -0.3 is 0 Å². The van der Waals surface area contributed by atoms with E-state index in [-0.39, 0.29) is 0 Å². The molecule has 0 amide bonds. The molecule has 0 saturated heterocycles. The zero-order valence-corrected chi connectivity index (χ0v) is 9.85. The summed E-state index contributed by atoms with van der Waals surface area (Å²) in [5.74, 6) is 0.788. The molecule has 0 aliphatic carbocycles. The number of benzene rings is 1. The largest absolute Gasteiger partial charge is 0.0843 e. The lowest BCUT2D eigenvalue weighted by Crippen LogP contribution is -1.99. The quantitative estimate of drug-likeness (QED) is 0.661. The zero-order valence-electron chi connectivity index (χ0n) is 9.09. The van der Waals surface area contributed by atoms with Gasteiger partial charge in [0.05, 0.1) is 0 Å². The number of hydrogen-bond acceptors (Lipinski definition) is 0. The topological polar surface area (TPSA) is 0 Å². The molecule has 0 aliphatic rings. The third-order valence-electron chi connectivity index (χ3n) is 2.55. The second kappa shape index (κ2) is 6.08. The minimum absolute atomic E-state index is 0.788. The highest BCUT2D eigenvalue weighted by Crippen LogP contribution is 2.16. The summed E-state index contributed by atoms with van der Waals surface area (Å²) in [7, 11) is 0. The van der Waals surface area contributed by atoms with Gasteiger partial charge in [0.2, 0.25) is 0 Å². The highest BCUT2D eigenvalue weighted by Gasteiger charge is 2.02. The Hall–Kier alpha value is -0.490. The molecule has 1 aromatic carbocycles. The fourth-order valence-corrected chi connectivity index (χ4v) is 1.80. The van der Waals surface area contributed by atoms with Crippen molar-refractivity contribution in [2.45, 2.75) is 39.5 Å². The van der Waals surface area contributed by atoms with Gasteiger partial charge in [-0.05, 0) is 30.0 Å². The van der Waals surface area contributed by atoms with Crippen molar-refractivity contribution in [2.75, 3.05) is 0 Å². The van der Waals surface area contributed by atoms with Crippen molar-refractivity contribution in [3.8, 4) is 0 Å². The average Bonchev–Trinajstić information content (AvgIpc) is 2.18. The molecular weight excluding hydrogens is 192 g/mol. The third-order valence-corrected chi connectivity index (χ3v) is 2.80. The van der Waals surface area contributed by atoms with Crippen LogP contribution in [0.1, 0.15) is 38.7 Å². The normalized spacial score (nSPS) is 12.8. The molecule has 0 saturated carbocycles. The van der Waals surface area contributed by atoms with Gasteiger partial charge in [0.25, 0.3) is 0 Å². The first kappa shape index (κ1) is 11.6. The van der Waals surface area contributed by atoms with Crippen LogP contribution >= 0.6 is 11.6 Å². The Labute approximate surface area is 92.3 Å². The van der Waals surface area contributed by atoms with E-state index >= 15 is 0 Å². The summed E-state index contributed by atoms with van der Waals surface area (Å²) in [5.41, 5.74) is 1.40. The van der Waals surface area contributed by atoms with Crippen LogP contribution in [0.25, 0.3) is 0 Å². The lowest BCUT2D eigenvalue weighted by Gasteiger charge is -2.10. The Kier molecular flexibility index (Phi) is 5.03. The van der Waals surface area contributed by atoms with Crippen molar-refractivity contribution in [1.29, 1.82) is 0 Å². The van der Waals surface area contributed by atoms with Crippen molar-refractivity contribution >= 4 is 11.6 Å². The lowest BCUT2D eigenvalue weighted by molar-refractivity contribution is 0.503. The third kappa shape index (κ3) is 4.15. The second-order valence-electron chi connectivity index (χ2n) is 4.08. The van der Waals surface area contributed by atoms with E-state index in [4.69, 9.17) is 11.6 Å². The number of hydrogen-bond donors (Lipinski definition) is 0. The molecule has 0 nitrogen and oxygen atoms in total. The molecule has 0 spiro atoms. The molecule has 0 bridgehead atoms. The van der Waals surface area contributed by atoms with Gasteiger partial charge in [-0.1, -0.05) is 56.8 Å². The molecule has 0 N–H and O–H groups in total. The van der Waals surface area contributed by atoms with Crippen molar-refractivity contribution in [2.24, 2.45) is 5.92 Å². The van der Waals surface area contributed by atoms with E-state index in [0.717, 1.165) is 10.9 Å². The van der Waals surface area contributed by atoms with Gasteiger partial charge in [0.15, 0.2) is 0 Å². The summed E-state index contributed by atoms with van der Waals surface area (Å²) in [5, 5.41) is 0.829. The molecular formula is C13H19Cl. The van der Waals surface area contributed by atoms with Crippen LogP contribution in [0.3, 0.4) is 0 Å². The molecule has 14 heavy (non-hydrogen) atoms. The first-order valence-corrected chi connectivity index (χ1v) is 5.84. The second-order valence-corrected chi connectivity index (χ2v) is 4.51. The molecule has 1 heteroatoms. The molecule has 0 aromatic heterocycles. The van der Waals surface area contributed by atoms with Crippen LogP contribution in [0.15, 0.2) is 24.3 Å². The maximum Gasteiger partial charge on any atom is 0.0406 e. The molecule has 78 valence electrons. The van der Waals surface area contributed by atoms with Gasteiger partial charge in [-0.2, -0.15) is 0 Å². The van der Waals surface area contributed by atoms with Gasteiger partial charge in [0.1, 0.15) is 0 Å². The number of unbranched alkanes of at least 4 members (excludes halogenated alkanes) is 1. The molecule has 1 rings (SSSR count). The molecule has 1 aromatic rings. The minimum Gasteiger partial charge on any atom is -0.0843 e. The predicted molar refractivity (Wildman–Crippen MR) is 63.8 cm³/mol. The summed E-state index contributed by atoms with van der Waals surface area (Å²) < 4.78 is 0. The Morgan fingerprint density at radius 2 is 1.86 bits per heavy atom. The lowest BCUT2D eigenvalue weighted by atomic mass is 9.96. The average molecular weight is 211 g/mol. The van der Waals surface area contributed by atoms with Crippen LogP contribution in [0.2, 0.25) is 5.02 Å². The van der Waals surface area contributed by atoms with Crippen molar-refractivity contribution < 1.29 is 0 Å². The van der Waals surface area contributed by atoms with Crippen molar-refractivity contribution in [3.05, 3.63) is 34.9 Å². The van der Waals surface area contributed by atoms with Crippen molar-refractivity contribution in [3.63, 3.8) is 0 Å². The first-order valence-electron chi connectivity index (χ1n) is 5.46. The highest BCUT2D eigenvalue weighted by atomic mass is 35.5. The van der Waals surface area contributed by atoms with E-state index in [9.17, 15) is 0 Å². The van der Waals surface area contributed by atoms with Crippen LogP contribution in [0.4, 0.5) is 0 Å². The van der Waals surface area contributed by atoms with E-state index in [1.165, 1.54) is 31.2 Å². The van der Waals surface area contributed by atoms with Crippen LogP contribution in [-0.2, 0) is 6.42 Å². The molecule has 0 heterocycles. The van der Waals surface area contributed by atoms with E-state index in [0.29, 0.717) is 0 Å². The standard InChI is InChI=1S/C13H19Cl/c1-3-4-5-11(2)10-12-6-8-13(14)9-7-12/h6-9,11H,3-5,10H2,1-2H3. The monoisotopic (exact) mass is 210 g/mol. The molecule has 0 radical (unpaired) electrons. The van der Waals surface area contributed by atoms with Crippen LogP contribution in [-0.4, -0.2) is 0 Å². The summed E-state index contributed by atoms with van der Waals surface area (Å²) >= 11 is 5.83. The Morgan fingerprint density at radius 3 is 2.43 bits per heavy atom. The maximum absolute atomic E-state index is 5.83. The molecule has 0 fully saturated rings. The Balaban J connectivity index is 2.39. The van der Waals surface area contributed by atoms with E-state index < -0.39 is 0 Å². The van der Waals surface area contributed by atoms with Gasteiger partial charge in [-0.3, -0.25) is 0 Å². The predicted octanol–water partition coefficient (Wildman–Crippen LogP) is 4.71. The Bertz CT molecular complexity index is 250. The summed E-state index contributed by atoms with van der Waals surface area (Å²) in [6, 6.07) is 8.21. The van der Waals surface area contributed by atoms with Crippen molar-refractivity contribution in [1.82, 2.24) is 0 Å². The number of rotatable bonds is 5. The minimum atomic E-state index is 0.788. The van der Waals surface area contributed by atoms with Crippen LogP contribution < -0.4 is 0 Å². The van der Waals surface area contributed by atoms with E-state index in [1.54, 1.807) is 0 Å². The fraction of sp³-hybridized carbons (Fsp3) is 0.538. The van der Waals surface area contributed by atoms with E-state index in [1.807, 2.05) is 12.1 Å². The van der Waals surface area contributed by atoms with E-state index in [2.05, 4.69) is 26.0 Å². The molecule has 0 aliphatic heterocycles. The fourth-order valence-electron chi connectivity index (χ4n) is 1.68. The van der Waals surface area contributed by atoms with Crippen LogP contribution in [0, 0.1) is 5.92 Å². The maximum atomic E-state index is 5.83. The number of halogens is 1. The van der Waals surface area contributed by atoms with Gasteiger partial charge in [-0.25, -0.2) is 0 Å². The van der Waals surface area contributed by atoms with Gasteiger partial charge in [-0.15, -0.1) is 0 Å². The SMILES string of the molecule is CCCCC(C)Cc1ccc(Cl)cc1. The zero-order chi connectivity index (χ0) is 10.4. The summed E-state index contributed by atoms with van der Waals surface area (Å²) in [6.07, 6.45) is 5.15. The Morgan fingerprint density at radius 1 is 1.21 bits per heavy atom. The van der Waals surface area contributed by atoms with Crippen LogP contribution in [0.5, 0.6) is 0 Å². The molecule has 1 unspecified atom stereocenters.